The topological polar surface area (TPSA) is 0 Å². The summed E-state index contributed by atoms with van der Waals surface area (Å²) in [6, 6.07) is 15.2. The Morgan fingerprint density at radius 2 is 1.53 bits per heavy atom. The van der Waals surface area contributed by atoms with Crippen LogP contribution in [-0.4, -0.2) is 0 Å². The van der Waals surface area contributed by atoms with Gasteiger partial charge in [-0.25, -0.2) is 4.39 Å². The number of halogens is 2. The van der Waals surface area contributed by atoms with Crippen LogP contribution in [0.25, 0.3) is 0 Å². The zero-order chi connectivity index (χ0) is 14.0. The number of hydrogen-bond acceptors (Lipinski definition) is 0. The quantitative estimate of drug-likeness (QED) is 0.631. The van der Waals surface area contributed by atoms with Crippen LogP contribution in [0.4, 0.5) is 4.39 Å². The molecule has 0 radical (unpaired) electrons. The van der Waals surface area contributed by atoms with Gasteiger partial charge in [0.25, 0.3) is 0 Å². The molecule has 0 aliphatic carbocycles. The lowest BCUT2D eigenvalue weighted by Crippen LogP contribution is -2.10. The Bertz CT molecular complexity index is 552. The van der Waals surface area contributed by atoms with E-state index in [1.165, 1.54) is 11.6 Å². The second kappa shape index (κ2) is 5.46. The predicted molar refractivity (Wildman–Crippen MR) is 82.3 cm³/mol. The average molecular weight is 321 g/mol. The van der Waals surface area contributed by atoms with Gasteiger partial charge in [-0.2, -0.15) is 0 Å². The van der Waals surface area contributed by atoms with Gasteiger partial charge in [0, 0.05) is 5.56 Å². The number of alkyl halides is 1. The second-order valence-corrected chi connectivity index (χ2v) is 6.67. The Morgan fingerprint density at radius 3 is 2.05 bits per heavy atom. The van der Waals surface area contributed by atoms with Gasteiger partial charge in [0.05, 0.1) is 4.83 Å². The largest absolute Gasteiger partial charge is 0.207 e. The minimum absolute atomic E-state index is 0.109. The van der Waals surface area contributed by atoms with Crippen LogP contribution in [0.1, 0.15) is 42.3 Å². The van der Waals surface area contributed by atoms with Crippen molar-refractivity contribution in [3.63, 3.8) is 0 Å². The Balaban J connectivity index is 2.31. The van der Waals surface area contributed by atoms with E-state index in [0.717, 1.165) is 5.56 Å². The average Bonchev–Trinajstić information content (AvgIpc) is 2.38. The van der Waals surface area contributed by atoms with Crippen LogP contribution in [0.3, 0.4) is 0 Å². The third-order valence-electron chi connectivity index (χ3n) is 3.25. The van der Waals surface area contributed by atoms with E-state index in [4.69, 9.17) is 0 Å². The molecule has 100 valence electrons. The molecule has 0 saturated heterocycles. The lowest BCUT2D eigenvalue weighted by molar-refractivity contribution is 0.590. The zero-order valence-electron chi connectivity index (χ0n) is 11.5. The molecule has 0 saturated carbocycles. The normalized spacial score (nSPS) is 13.3. The van der Waals surface area contributed by atoms with Crippen LogP contribution >= 0.6 is 15.9 Å². The van der Waals surface area contributed by atoms with E-state index in [1.54, 1.807) is 6.07 Å². The summed E-state index contributed by atoms with van der Waals surface area (Å²) in [4.78, 5) is -0.109. The van der Waals surface area contributed by atoms with Crippen molar-refractivity contribution in [3.05, 3.63) is 71.0 Å². The van der Waals surface area contributed by atoms with Crippen LogP contribution in [0, 0.1) is 5.82 Å². The van der Waals surface area contributed by atoms with Crippen LogP contribution in [0.5, 0.6) is 0 Å². The molecule has 0 bridgehead atoms. The van der Waals surface area contributed by atoms with Crippen LogP contribution in [0.2, 0.25) is 0 Å². The fourth-order valence-electron chi connectivity index (χ4n) is 2.01. The highest BCUT2D eigenvalue weighted by molar-refractivity contribution is 9.09. The van der Waals surface area contributed by atoms with E-state index in [2.05, 4.69) is 61.0 Å². The summed E-state index contributed by atoms with van der Waals surface area (Å²) in [7, 11) is 0. The molecule has 0 nitrogen and oxygen atoms in total. The lowest BCUT2D eigenvalue weighted by Gasteiger charge is -2.20. The highest BCUT2D eigenvalue weighted by Gasteiger charge is 2.17. The minimum Gasteiger partial charge on any atom is -0.207 e. The van der Waals surface area contributed by atoms with Crippen molar-refractivity contribution in [1.82, 2.24) is 0 Å². The standard InChI is InChI=1S/C17H18BrF/c1-17(2,3)13-10-8-12(9-11-13)16(18)14-6-4-5-7-15(14)19/h4-11,16H,1-3H3. The van der Waals surface area contributed by atoms with Gasteiger partial charge in [-0.3, -0.25) is 0 Å². The Morgan fingerprint density at radius 1 is 0.947 bits per heavy atom. The highest BCUT2D eigenvalue weighted by Crippen LogP contribution is 2.33. The summed E-state index contributed by atoms with van der Waals surface area (Å²) in [5, 5.41) is 0. The lowest BCUT2D eigenvalue weighted by atomic mass is 9.86. The Kier molecular flexibility index (Phi) is 4.10. The van der Waals surface area contributed by atoms with Crippen molar-refractivity contribution in [2.75, 3.05) is 0 Å². The molecule has 1 atom stereocenters. The van der Waals surface area contributed by atoms with Crippen LogP contribution < -0.4 is 0 Å². The Hall–Kier alpha value is -1.15. The third kappa shape index (κ3) is 3.24. The van der Waals surface area contributed by atoms with Gasteiger partial charge in [0.1, 0.15) is 5.82 Å². The van der Waals surface area contributed by atoms with Gasteiger partial charge >= 0.3 is 0 Å². The summed E-state index contributed by atoms with van der Waals surface area (Å²) < 4.78 is 13.8. The van der Waals surface area contributed by atoms with Gasteiger partial charge in [0.2, 0.25) is 0 Å². The second-order valence-electron chi connectivity index (χ2n) is 5.76. The molecule has 0 heterocycles. The van der Waals surface area contributed by atoms with E-state index in [9.17, 15) is 4.39 Å². The molecule has 2 heteroatoms. The van der Waals surface area contributed by atoms with Crippen LogP contribution in [0.15, 0.2) is 48.5 Å². The van der Waals surface area contributed by atoms with E-state index >= 15 is 0 Å². The van der Waals surface area contributed by atoms with Gasteiger partial charge in [-0.1, -0.05) is 79.2 Å². The maximum atomic E-state index is 13.8. The van der Waals surface area contributed by atoms with Gasteiger partial charge in [0.15, 0.2) is 0 Å². The molecule has 0 N–H and O–H groups in total. The van der Waals surface area contributed by atoms with E-state index < -0.39 is 0 Å². The molecule has 2 aromatic rings. The van der Waals surface area contributed by atoms with Crippen molar-refractivity contribution in [1.29, 1.82) is 0 Å². The first-order valence-electron chi connectivity index (χ1n) is 6.38. The third-order valence-corrected chi connectivity index (χ3v) is 4.27. The molecule has 2 rings (SSSR count). The highest BCUT2D eigenvalue weighted by atomic mass is 79.9. The summed E-state index contributed by atoms with van der Waals surface area (Å²) in [6.45, 7) is 6.56. The molecule has 0 spiro atoms. The van der Waals surface area contributed by atoms with E-state index in [1.807, 2.05) is 12.1 Å². The maximum Gasteiger partial charge on any atom is 0.127 e. The molecule has 2 aromatic carbocycles. The van der Waals surface area contributed by atoms with Crippen molar-refractivity contribution in [3.8, 4) is 0 Å². The first kappa shape index (κ1) is 14.3. The number of rotatable bonds is 2. The van der Waals surface area contributed by atoms with Gasteiger partial charge in [-0.15, -0.1) is 0 Å². The molecule has 0 aromatic heterocycles. The summed E-state index contributed by atoms with van der Waals surface area (Å²) in [5.41, 5.74) is 3.16. The molecule has 0 fully saturated rings. The minimum atomic E-state index is -0.177. The molecule has 0 aliphatic heterocycles. The molecule has 1 unspecified atom stereocenters. The molecule has 0 aliphatic rings. The Labute approximate surface area is 122 Å². The zero-order valence-corrected chi connectivity index (χ0v) is 13.0. The fourth-order valence-corrected chi connectivity index (χ4v) is 2.69. The monoisotopic (exact) mass is 320 g/mol. The molecular formula is C17H18BrF. The van der Waals surface area contributed by atoms with Crippen molar-refractivity contribution in [2.24, 2.45) is 0 Å². The summed E-state index contributed by atoms with van der Waals surface area (Å²) >= 11 is 3.58. The first-order chi connectivity index (χ1) is 8.89. The van der Waals surface area contributed by atoms with Crippen molar-refractivity contribution >= 4 is 15.9 Å². The number of hydrogen-bond donors (Lipinski definition) is 0. The summed E-state index contributed by atoms with van der Waals surface area (Å²) in [6.07, 6.45) is 0. The maximum absolute atomic E-state index is 13.8. The van der Waals surface area contributed by atoms with Crippen molar-refractivity contribution in [2.45, 2.75) is 31.0 Å². The SMILES string of the molecule is CC(C)(C)c1ccc(C(Br)c2ccccc2F)cc1. The van der Waals surface area contributed by atoms with Gasteiger partial charge in [-0.05, 0) is 22.6 Å². The van der Waals surface area contributed by atoms with Gasteiger partial charge < -0.3 is 0 Å². The smallest absolute Gasteiger partial charge is 0.127 e. The predicted octanol–water partition coefficient (Wildman–Crippen LogP) is 5.61. The summed E-state index contributed by atoms with van der Waals surface area (Å²) in [5.74, 6) is -0.177. The van der Waals surface area contributed by atoms with Crippen LogP contribution in [-0.2, 0) is 5.41 Å². The molecular weight excluding hydrogens is 303 g/mol. The fraction of sp³-hybridized carbons (Fsp3) is 0.294. The first-order valence-corrected chi connectivity index (χ1v) is 7.30. The molecule has 0 amide bonds. The van der Waals surface area contributed by atoms with E-state index in [-0.39, 0.29) is 16.1 Å². The number of benzene rings is 2. The van der Waals surface area contributed by atoms with E-state index in [0.29, 0.717) is 5.56 Å². The molecule has 19 heavy (non-hydrogen) atoms. The van der Waals surface area contributed by atoms with Crippen molar-refractivity contribution < 1.29 is 4.39 Å².